The van der Waals surface area contributed by atoms with E-state index in [9.17, 15) is 9.59 Å². The molecule has 2 fully saturated rings. The van der Waals surface area contributed by atoms with Gasteiger partial charge in [0.25, 0.3) is 5.56 Å². The van der Waals surface area contributed by atoms with E-state index in [-0.39, 0.29) is 23.7 Å². The van der Waals surface area contributed by atoms with Crippen molar-refractivity contribution >= 4 is 23.0 Å². The van der Waals surface area contributed by atoms with Gasteiger partial charge >= 0.3 is 6.03 Å². The summed E-state index contributed by atoms with van der Waals surface area (Å²) in [5, 5.41) is 5.98. The number of amides is 2. The second kappa shape index (κ2) is 10.4. The van der Waals surface area contributed by atoms with E-state index in [1.165, 1.54) is 5.56 Å². The fourth-order valence-electron chi connectivity index (χ4n) is 4.78. The monoisotopic (exact) mass is 476 g/mol. The van der Waals surface area contributed by atoms with Gasteiger partial charge in [0.1, 0.15) is 5.52 Å². The number of aryl methyl sites for hydroxylation is 1. The van der Waals surface area contributed by atoms with Crippen molar-refractivity contribution in [2.75, 3.05) is 31.1 Å². The normalized spacial score (nSPS) is 18.7. The van der Waals surface area contributed by atoms with Gasteiger partial charge in [-0.05, 0) is 50.3 Å². The molecule has 2 N–H and O–H groups in total. The Morgan fingerprint density at radius 1 is 1.14 bits per heavy atom. The van der Waals surface area contributed by atoms with Gasteiger partial charge in [-0.2, -0.15) is 0 Å². The molecule has 1 aromatic carbocycles. The van der Waals surface area contributed by atoms with Gasteiger partial charge in [-0.25, -0.2) is 14.8 Å². The highest BCUT2D eigenvalue weighted by Crippen LogP contribution is 2.19. The standard InChI is InChI=1S/C26H32N6O3/c1-18-6-8-19(9-7-18)17-32-23-22(5-2-12-27-23)30-24(25(32)33)31-13-10-20(11-14-31)29-26(34)28-16-21-4-3-15-35-21/h2,5-9,12,20-21H,3-4,10-11,13-17H2,1H3,(H2,28,29,34). The van der Waals surface area contributed by atoms with Gasteiger partial charge in [0, 0.05) is 38.5 Å². The molecule has 2 saturated heterocycles. The third kappa shape index (κ3) is 5.45. The fraction of sp³-hybridized carbons (Fsp3) is 0.462. The zero-order chi connectivity index (χ0) is 24.2. The first-order chi connectivity index (χ1) is 17.1. The number of hydrogen-bond donors (Lipinski definition) is 2. The second-order valence-electron chi connectivity index (χ2n) is 9.41. The Labute approximate surface area is 204 Å². The molecule has 0 spiro atoms. The number of aromatic nitrogens is 3. The summed E-state index contributed by atoms with van der Waals surface area (Å²) in [6.07, 6.45) is 5.36. The molecular weight excluding hydrogens is 444 g/mol. The van der Waals surface area contributed by atoms with Crippen molar-refractivity contribution in [3.8, 4) is 0 Å². The Bertz CT molecular complexity index is 1230. The number of nitrogens with zero attached hydrogens (tertiary/aromatic N) is 4. The smallest absolute Gasteiger partial charge is 0.315 e. The molecule has 0 saturated carbocycles. The summed E-state index contributed by atoms with van der Waals surface area (Å²) in [6, 6.07) is 11.8. The van der Waals surface area contributed by atoms with Gasteiger partial charge in [-0.1, -0.05) is 29.8 Å². The molecule has 5 rings (SSSR count). The summed E-state index contributed by atoms with van der Waals surface area (Å²) in [5.74, 6) is 0.443. The highest BCUT2D eigenvalue weighted by molar-refractivity contribution is 5.74. The van der Waals surface area contributed by atoms with Crippen LogP contribution in [-0.2, 0) is 11.3 Å². The molecule has 1 atom stereocenters. The molecule has 9 nitrogen and oxygen atoms in total. The number of rotatable bonds is 6. The maximum Gasteiger partial charge on any atom is 0.315 e. The van der Waals surface area contributed by atoms with E-state index in [2.05, 4.69) is 15.6 Å². The minimum atomic E-state index is -0.158. The summed E-state index contributed by atoms with van der Waals surface area (Å²) >= 11 is 0. The molecule has 2 aromatic heterocycles. The van der Waals surface area contributed by atoms with Crippen molar-refractivity contribution in [3.05, 3.63) is 64.1 Å². The van der Waals surface area contributed by atoms with Crippen molar-refractivity contribution in [2.45, 2.75) is 51.3 Å². The number of anilines is 1. The van der Waals surface area contributed by atoms with E-state index in [4.69, 9.17) is 9.72 Å². The van der Waals surface area contributed by atoms with Crippen molar-refractivity contribution in [3.63, 3.8) is 0 Å². The number of benzene rings is 1. The quantitative estimate of drug-likeness (QED) is 0.567. The third-order valence-corrected chi connectivity index (χ3v) is 6.79. The predicted octanol–water partition coefficient (Wildman–Crippen LogP) is 2.60. The van der Waals surface area contributed by atoms with Crippen LogP contribution >= 0.6 is 0 Å². The van der Waals surface area contributed by atoms with Crippen molar-refractivity contribution < 1.29 is 9.53 Å². The van der Waals surface area contributed by atoms with Gasteiger partial charge < -0.3 is 20.3 Å². The Hall–Kier alpha value is -3.46. The maximum atomic E-state index is 13.6. The van der Waals surface area contributed by atoms with Crippen LogP contribution in [0.25, 0.3) is 11.2 Å². The second-order valence-corrected chi connectivity index (χ2v) is 9.41. The van der Waals surface area contributed by atoms with Crippen LogP contribution in [0.4, 0.5) is 10.6 Å². The molecule has 0 bridgehead atoms. The van der Waals surface area contributed by atoms with Crippen LogP contribution < -0.4 is 21.1 Å². The van der Waals surface area contributed by atoms with Gasteiger partial charge in [0.2, 0.25) is 0 Å². The highest BCUT2D eigenvalue weighted by Gasteiger charge is 2.25. The van der Waals surface area contributed by atoms with Gasteiger partial charge in [0.15, 0.2) is 11.5 Å². The molecular formula is C26H32N6O3. The van der Waals surface area contributed by atoms with Gasteiger partial charge in [-0.3, -0.25) is 9.36 Å². The lowest BCUT2D eigenvalue weighted by Crippen LogP contribution is -2.50. The van der Waals surface area contributed by atoms with Crippen LogP contribution in [-0.4, -0.2) is 59.0 Å². The molecule has 9 heteroatoms. The Morgan fingerprint density at radius 3 is 2.69 bits per heavy atom. The number of carbonyl (C=O) groups excluding carboxylic acids is 1. The average Bonchev–Trinajstić information content (AvgIpc) is 3.40. The lowest BCUT2D eigenvalue weighted by molar-refractivity contribution is 0.111. The number of urea groups is 1. The number of piperidine rings is 1. The molecule has 4 heterocycles. The van der Waals surface area contributed by atoms with Crippen LogP contribution in [0.3, 0.4) is 0 Å². The predicted molar refractivity (Wildman–Crippen MR) is 135 cm³/mol. The topological polar surface area (TPSA) is 101 Å². The minimum Gasteiger partial charge on any atom is -0.376 e. The Kier molecular flexibility index (Phi) is 6.94. The van der Waals surface area contributed by atoms with Crippen LogP contribution in [0.2, 0.25) is 0 Å². The summed E-state index contributed by atoms with van der Waals surface area (Å²) in [4.78, 5) is 37.0. The largest absolute Gasteiger partial charge is 0.376 e. The minimum absolute atomic E-state index is 0.0626. The van der Waals surface area contributed by atoms with Crippen LogP contribution in [0.1, 0.15) is 36.8 Å². The number of nitrogens with one attached hydrogen (secondary N) is 2. The van der Waals surface area contributed by atoms with Crippen LogP contribution in [0, 0.1) is 6.92 Å². The zero-order valence-corrected chi connectivity index (χ0v) is 20.1. The van der Waals surface area contributed by atoms with E-state index in [1.807, 2.05) is 48.2 Å². The van der Waals surface area contributed by atoms with Crippen molar-refractivity contribution in [1.29, 1.82) is 0 Å². The molecule has 2 amide bonds. The molecule has 3 aromatic rings. The zero-order valence-electron chi connectivity index (χ0n) is 20.1. The lowest BCUT2D eigenvalue weighted by Gasteiger charge is -2.33. The first-order valence-electron chi connectivity index (χ1n) is 12.4. The highest BCUT2D eigenvalue weighted by atomic mass is 16.5. The van der Waals surface area contributed by atoms with E-state index in [0.29, 0.717) is 43.2 Å². The van der Waals surface area contributed by atoms with E-state index >= 15 is 0 Å². The molecule has 1 unspecified atom stereocenters. The van der Waals surface area contributed by atoms with Crippen molar-refractivity contribution in [2.24, 2.45) is 0 Å². The first kappa shape index (κ1) is 23.3. The lowest BCUT2D eigenvalue weighted by atomic mass is 10.1. The summed E-state index contributed by atoms with van der Waals surface area (Å²) in [7, 11) is 0. The Balaban J connectivity index is 1.27. The van der Waals surface area contributed by atoms with E-state index in [0.717, 1.165) is 37.9 Å². The summed E-state index contributed by atoms with van der Waals surface area (Å²) < 4.78 is 7.27. The molecule has 35 heavy (non-hydrogen) atoms. The molecule has 0 radical (unpaired) electrons. The number of ether oxygens (including phenoxy) is 1. The molecule has 0 aliphatic carbocycles. The van der Waals surface area contributed by atoms with E-state index < -0.39 is 0 Å². The third-order valence-electron chi connectivity index (χ3n) is 6.79. The average molecular weight is 477 g/mol. The number of pyridine rings is 1. The van der Waals surface area contributed by atoms with E-state index in [1.54, 1.807) is 10.8 Å². The number of carbonyl (C=O) groups is 1. The fourth-order valence-corrected chi connectivity index (χ4v) is 4.78. The number of hydrogen-bond acceptors (Lipinski definition) is 6. The first-order valence-corrected chi connectivity index (χ1v) is 12.4. The van der Waals surface area contributed by atoms with Crippen LogP contribution in [0.15, 0.2) is 47.4 Å². The van der Waals surface area contributed by atoms with Gasteiger partial charge in [-0.15, -0.1) is 0 Å². The summed E-state index contributed by atoms with van der Waals surface area (Å²) in [5.41, 5.74) is 3.36. The van der Waals surface area contributed by atoms with Crippen LogP contribution in [0.5, 0.6) is 0 Å². The van der Waals surface area contributed by atoms with Gasteiger partial charge in [0.05, 0.1) is 12.6 Å². The summed E-state index contributed by atoms with van der Waals surface area (Å²) in [6.45, 7) is 5.09. The number of fused-ring (bicyclic) bond motifs is 1. The molecule has 2 aliphatic rings. The molecule has 184 valence electrons. The Morgan fingerprint density at radius 2 is 1.94 bits per heavy atom. The SMILES string of the molecule is Cc1ccc(Cn2c(=O)c(N3CCC(NC(=O)NCC4CCCO4)CC3)nc3cccnc32)cc1. The van der Waals surface area contributed by atoms with Crippen molar-refractivity contribution in [1.82, 2.24) is 25.2 Å². The maximum absolute atomic E-state index is 13.6. The molecule has 2 aliphatic heterocycles.